The Morgan fingerprint density at radius 3 is 2.71 bits per heavy atom. The van der Waals surface area contributed by atoms with Crippen molar-refractivity contribution in [3.05, 3.63) is 99.6 Å². The SMILES string of the molecule is N#CCSc1nc2cc(C(=O)N3CCc4ccccc4C3)ccc2c(=O)n1-c1cccc(F)c1. The molecule has 0 atom stereocenters. The third-order valence-corrected chi connectivity index (χ3v) is 6.64. The molecule has 2 heterocycles. The summed E-state index contributed by atoms with van der Waals surface area (Å²) < 4.78 is 15.2. The highest BCUT2D eigenvalue weighted by atomic mass is 32.2. The number of nitrogens with zero attached hydrogens (tertiary/aromatic N) is 4. The number of amides is 1. The number of nitriles is 1. The number of benzene rings is 3. The predicted octanol–water partition coefficient (Wildman–Crippen LogP) is 4.34. The van der Waals surface area contributed by atoms with Crippen molar-refractivity contribution in [1.29, 1.82) is 5.26 Å². The van der Waals surface area contributed by atoms with Crippen molar-refractivity contribution in [1.82, 2.24) is 14.5 Å². The van der Waals surface area contributed by atoms with Gasteiger partial charge >= 0.3 is 0 Å². The van der Waals surface area contributed by atoms with Crippen LogP contribution in [0.2, 0.25) is 0 Å². The summed E-state index contributed by atoms with van der Waals surface area (Å²) in [4.78, 5) is 33.0. The van der Waals surface area contributed by atoms with E-state index >= 15 is 0 Å². The fraction of sp³-hybridized carbons (Fsp3) is 0.154. The van der Waals surface area contributed by atoms with Crippen molar-refractivity contribution in [3.63, 3.8) is 0 Å². The van der Waals surface area contributed by atoms with Crippen molar-refractivity contribution in [3.8, 4) is 11.8 Å². The van der Waals surface area contributed by atoms with Crippen LogP contribution in [0.25, 0.3) is 16.6 Å². The maximum atomic E-state index is 13.9. The maximum absolute atomic E-state index is 13.9. The fourth-order valence-corrected chi connectivity index (χ4v) is 4.86. The molecule has 1 aliphatic heterocycles. The molecule has 6 nitrogen and oxygen atoms in total. The second kappa shape index (κ2) is 9.12. The summed E-state index contributed by atoms with van der Waals surface area (Å²) in [6, 6.07) is 20.6. The molecule has 168 valence electrons. The Morgan fingerprint density at radius 1 is 1.09 bits per heavy atom. The first-order chi connectivity index (χ1) is 16.5. The smallest absolute Gasteiger partial charge is 0.266 e. The average molecular weight is 471 g/mol. The number of hydrogen-bond donors (Lipinski definition) is 0. The van der Waals surface area contributed by atoms with Gasteiger partial charge in [-0.15, -0.1) is 0 Å². The van der Waals surface area contributed by atoms with Gasteiger partial charge < -0.3 is 4.90 Å². The molecule has 4 aromatic rings. The Bertz CT molecular complexity index is 1530. The van der Waals surface area contributed by atoms with Gasteiger partial charge in [-0.2, -0.15) is 5.26 Å². The van der Waals surface area contributed by atoms with E-state index in [0.29, 0.717) is 35.2 Å². The topological polar surface area (TPSA) is 79.0 Å². The first kappa shape index (κ1) is 21.9. The summed E-state index contributed by atoms with van der Waals surface area (Å²) in [6.07, 6.45) is 0.793. The highest BCUT2D eigenvalue weighted by Crippen LogP contribution is 2.24. The third-order valence-electron chi connectivity index (χ3n) is 5.84. The minimum Gasteiger partial charge on any atom is -0.334 e. The first-order valence-electron chi connectivity index (χ1n) is 10.7. The van der Waals surface area contributed by atoms with E-state index in [1.807, 2.05) is 24.3 Å². The van der Waals surface area contributed by atoms with Crippen molar-refractivity contribution in [2.24, 2.45) is 0 Å². The molecular weight excluding hydrogens is 451 g/mol. The van der Waals surface area contributed by atoms with Gasteiger partial charge in [0.15, 0.2) is 5.16 Å². The minimum absolute atomic E-state index is 0.0685. The number of hydrogen-bond acceptors (Lipinski definition) is 5. The van der Waals surface area contributed by atoms with Crippen LogP contribution >= 0.6 is 11.8 Å². The van der Waals surface area contributed by atoms with Crippen LogP contribution in [0.3, 0.4) is 0 Å². The number of halogens is 1. The van der Waals surface area contributed by atoms with Crippen LogP contribution in [0, 0.1) is 17.1 Å². The number of rotatable bonds is 4. The standard InChI is InChI=1S/C26H19FN4O2S/c27-20-6-3-7-21(15-20)31-25(33)22-9-8-18(14-23(22)29-26(31)34-13-11-28)24(32)30-12-10-17-4-1-2-5-19(17)16-30/h1-9,14-15H,10,12-13,16H2. The van der Waals surface area contributed by atoms with Gasteiger partial charge in [0.05, 0.1) is 28.4 Å². The van der Waals surface area contributed by atoms with Crippen LogP contribution in [0.15, 0.2) is 76.7 Å². The number of aromatic nitrogens is 2. The van der Waals surface area contributed by atoms with Crippen molar-refractivity contribution in [2.45, 2.75) is 18.1 Å². The van der Waals surface area contributed by atoms with Crippen LogP contribution < -0.4 is 5.56 Å². The molecule has 8 heteroatoms. The van der Waals surface area contributed by atoms with E-state index < -0.39 is 5.82 Å². The van der Waals surface area contributed by atoms with E-state index in [4.69, 9.17) is 5.26 Å². The highest BCUT2D eigenvalue weighted by Gasteiger charge is 2.23. The van der Waals surface area contributed by atoms with Crippen LogP contribution in [0.4, 0.5) is 4.39 Å². The lowest BCUT2D eigenvalue weighted by Gasteiger charge is -2.29. The van der Waals surface area contributed by atoms with Crippen LogP contribution in [-0.2, 0) is 13.0 Å². The van der Waals surface area contributed by atoms with Gasteiger partial charge in [-0.3, -0.25) is 14.2 Å². The fourth-order valence-electron chi connectivity index (χ4n) is 4.19. The van der Waals surface area contributed by atoms with E-state index in [9.17, 15) is 14.0 Å². The quantitative estimate of drug-likeness (QED) is 0.328. The third kappa shape index (κ3) is 4.06. The van der Waals surface area contributed by atoms with Crippen molar-refractivity contribution in [2.75, 3.05) is 12.3 Å². The van der Waals surface area contributed by atoms with Gasteiger partial charge in [0.1, 0.15) is 5.82 Å². The van der Waals surface area contributed by atoms with Gasteiger partial charge in [-0.1, -0.05) is 42.1 Å². The summed E-state index contributed by atoms with van der Waals surface area (Å²) in [5.74, 6) is -0.539. The molecule has 1 aromatic heterocycles. The molecule has 1 aliphatic rings. The van der Waals surface area contributed by atoms with Crippen LogP contribution in [-0.4, -0.2) is 32.7 Å². The molecule has 0 N–H and O–H groups in total. The van der Waals surface area contributed by atoms with Gasteiger partial charge in [0.2, 0.25) is 0 Å². The summed E-state index contributed by atoms with van der Waals surface area (Å²) >= 11 is 1.08. The van der Waals surface area contributed by atoms with E-state index in [2.05, 4.69) is 11.1 Å². The van der Waals surface area contributed by atoms with Crippen LogP contribution in [0.5, 0.6) is 0 Å². The van der Waals surface area contributed by atoms with E-state index in [1.54, 1.807) is 29.2 Å². The molecule has 0 saturated carbocycles. The first-order valence-corrected chi connectivity index (χ1v) is 11.7. The molecule has 0 saturated heterocycles. The summed E-state index contributed by atoms with van der Waals surface area (Å²) in [7, 11) is 0. The Balaban J connectivity index is 1.56. The molecule has 0 aliphatic carbocycles. The molecular formula is C26H19FN4O2S. The Kier molecular flexibility index (Phi) is 5.86. The van der Waals surface area contributed by atoms with Gasteiger partial charge in [0, 0.05) is 18.7 Å². The second-order valence-electron chi connectivity index (χ2n) is 7.94. The maximum Gasteiger partial charge on any atom is 0.266 e. The van der Waals surface area contributed by atoms with Gasteiger partial charge in [-0.05, 0) is 53.9 Å². The average Bonchev–Trinajstić information content (AvgIpc) is 2.86. The lowest BCUT2D eigenvalue weighted by atomic mass is 9.99. The Morgan fingerprint density at radius 2 is 1.91 bits per heavy atom. The van der Waals surface area contributed by atoms with Gasteiger partial charge in [-0.25, -0.2) is 9.37 Å². The Hall–Kier alpha value is -3.96. The molecule has 5 rings (SSSR count). The predicted molar refractivity (Wildman–Crippen MR) is 129 cm³/mol. The lowest BCUT2D eigenvalue weighted by Crippen LogP contribution is -2.36. The molecule has 3 aromatic carbocycles. The molecule has 34 heavy (non-hydrogen) atoms. The highest BCUT2D eigenvalue weighted by molar-refractivity contribution is 7.99. The summed E-state index contributed by atoms with van der Waals surface area (Å²) in [5, 5.41) is 9.63. The molecule has 0 fully saturated rings. The largest absolute Gasteiger partial charge is 0.334 e. The lowest BCUT2D eigenvalue weighted by molar-refractivity contribution is 0.0735. The number of carbonyl (C=O) groups is 1. The Labute approximate surface area is 199 Å². The second-order valence-corrected chi connectivity index (χ2v) is 8.88. The van der Waals surface area contributed by atoms with E-state index in [1.165, 1.54) is 28.3 Å². The van der Waals surface area contributed by atoms with E-state index in [0.717, 1.165) is 23.7 Å². The molecule has 0 bridgehead atoms. The minimum atomic E-state index is -0.482. The number of carbonyl (C=O) groups excluding carboxylic acids is 1. The zero-order valence-corrected chi connectivity index (χ0v) is 18.9. The molecule has 0 radical (unpaired) electrons. The van der Waals surface area contributed by atoms with Crippen LogP contribution in [0.1, 0.15) is 21.5 Å². The van der Waals surface area contributed by atoms with Gasteiger partial charge in [0.25, 0.3) is 11.5 Å². The van der Waals surface area contributed by atoms with E-state index in [-0.39, 0.29) is 22.4 Å². The number of fused-ring (bicyclic) bond motifs is 2. The van der Waals surface area contributed by atoms with Crippen molar-refractivity contribution >= 4 is 28.6 Å². The van der Waals surface area contributed by atoms with Crippen molar-refractivity contribution < 1.29 is 9.18 Å². The molecule has 0 unspecified atom stereocenters. The number of thioether (sulfide) groups is 1. The monoisotopic (exact) mass is 470 g/mol. The zero-order valence-electron chi connectivity index (χ0n) is 18.1. The molecule has 0 spiro atoms. The summed E-state index contributed by atoms with van der Waals surface area (Å²) in [6.45, 7) is 1.15. The molecule has 1 amide bonds. The summed E-state index contributed by atoms with van der Waals surface area (Å²) in [5.41, 5.74) is 3.13. The normalized spacial score (nSPS) is 12.9. The zero-order chi connectivity index (χ0) is 23.7.